The van der Waals surface area contributed by atoms with E-state index in [0.29, 0.717) is 5.95 Å². The Kier molecular flexibility index (Phi) is 4.87. The molecule has 0 bridgehead atoms. The van der Waals surface area contributed by atoms with Crippen LogP contribution in [0.5, 0.6) is 0 Å². The van der Waals surface area contributed by atoms with Crippen molar-refractivity contribution >= 4 is 54.5 Å². The van der Waals surface area contributed by atoms with Crippen molar-refractivity contribution in [1.29, 1.82) is 0 Å². The van der Waals surface area contributed by atoms with Crippen LogP contribution in [0.3, 0.4) is 0 Å². The van der Waals surface area contributed by atoms with Crippen molar-refractivity contribution in [2.75, 3.05) is 0 Å². The highest BCUT2D eigenvalue weighted by Crippen LogP contribution is 2.38. The van der Waals surface area contributed by atoms with Crippen LogP contribution in [0.1, 0.15) is 0 Å². The predicted molar refractivity (Wildman–Crippen MR) is 172 cm³/mol. The summed E-state index contributed by atoms with van der Waals surface area (Å²) in [6.45, 7) is 0. The minimum atomic E-state index is 0.649. The Morgan fingerprint density at radius 2 is 1.02 bits per heavy atom. The summed E-state index contributed by atoms with van der Waals surface area (Å²) in [5.41, 5.74) is 7.83. The first-order chi connectivity index (χ1) is 20.8. The lowest BCUT2D eigenvalue weighted by atomic mass is 10.0. The lowest BCUT2D eigenvalue weighted by Crippen LogP contribution is -2.04. The average Bonchev–Trinajstić information content (AvgIpc) is 3.58. The van der Waals surface area contributed by atoms with Crippen LogP contribution < -0.4 is 0 Å². The van der Waals surface area contributed by atoms with Gasteiger partial charge in [-0.15, -0.1) is 0 Å². The molecule has 0 unspecified atom stereocenters. The highest BCUT2D eigenvalue weighted by molar-refractivity contribution is 6.16. The third-order valence-electron chi connectivity index (χ3n) is 8.18. The van der Waals surface area contributed by atoms with E-state index in [-0.39, 0.29) is 0 Å². The maximum Gasteiger partial charge on any atom is 0.235 e. The van der Waals surface area contributed by atoms with Gasteiger partial charge in [-0.1, -0.05) is 97.1 Å². The van der Waals surface area contributed by atoms with E-state index in [1.165, 1.54) is 0 Å². The Balaban J connectivity index is 1.37. The quantitative estimate of drug-likeness (QED) is 0.225. The Hall–Kier alpha value is -5.74. The minimum Gasteiger partial charge on any atom is -0.456 e. The summed E-state index contributed by atoms with van der Waals surface area (Å²) in [4.78, 5) is 10.3. The van der Waals surface area contributed by atoms with Crippen LogP contribution >= 0.6 is 0 Å². The third-order valence-corrected chi connectivity index (χ3v) is 8.18. The zero-order valence-corrected chi connectivity index (χ0v) is 22.5. The zero-order chi connectivity index (χ0) is 27.6. The Morgan fingerprint density at radius 3 is 1.76 bits per heavy atom. The van der Waals surface area contributed by atoms with Crippen molar-refractivity contribution in [2.45, 2.75) is 0 Å². The van der Waals surface area contributed by atoms with E-state index in [1.807, 2.05) is 48.5 Å². The van der Waals surface area contributed by atoms with Crippen LogP contribution in [-0.2, 0) is 0 Å². The van der Waals surface area contributed by atoms with Crippen molar-refractivity contribution < 1.29 is 4.42 Å². The van der Waals surface area contributed by atoms with E-state index in [4.69, 9.17) is 14.4 Å². The van der Waals surface area contributed by atoms with Gasteiger partial charge in [-0.05, 0) is 53.2 Å². The molecule has 42 heavy (non-hydrogen) atoms. The molecule has 0 aliphatic rings. The first-order valence-electron chi connectivity index (χ1n) is 14.1. The number of hydrogen-bond acceptors (Lipinski definition) is 3. The maximum absolute atomic E-state index is 6.22. The second-order valence-corrected chi connectivity index (χ2v) is 10.7. The highest BCUT2D eigenvalue weighted by Gasteiger charge is 2.18. The van der Waals surface area contributed by atoms with Crippen LogP contribution in [0.25, 0.3) is 83.0 Å². The monoisotopic (exact) mass is 537 g/mol. The molecule has 0 amide bonds. The fraction of sp³-hybridized carbons (Fsp3) is 0. The number of benzene rings is 6. The second-order valence-electron chi connectivity index (χ2n) is 10.7. The molecule has 4 heteroatoms. The van der Waals surface area contributed by atoms with Crippen molar-refractivity contribution in [1.82, 2.24) is 14.5 Å². The molecule has 3 heterocycles. The molecule has 196 valence electrons. The van der Waals surface area contributed by atoms with Crippen molar-refractivity contribution in [3.05, 3.63) is 140 Å². The normalized spacial score (nSPS) is 11.8. The van der Waals surface area contributed by atoms with Gasteiger partial charge in [-0.25, -0.2) is 9.97 Å². The highest BCUT2D eigenvalue weighted by atomic mass is 16.3. The number of rotatable bonds is 3. The molecule has 4 nitrogen and oxygen atoms in total. The van der Waals surface area contributed by atoms with Crippen LogP contribution in [0.15, 0.2) is 144 Å². The molecule has 0 saturated heterocycles. The molecule has 0 fully saturated rings. The summed E-state index contributed by atoms with van der Waals surface area (Å²) < 4.78 is 8.43. The van der Waals surface area contributed by atoms with E-state index in [0.717, 1.165) is 77.0 Å². The molecule has 9 aromatic rings. The number of nitrogens with zero attached hydrogens (tertiary/aromatic N) is 3. The molecule has 0 N–H and O–H groups in total. The molecular formula is C38H23N3O. The number of aromatic nitrogens is 3. The largest absolute Gasteiger partial charge is 0.456 e. The van der Waals surface area contributed by atoms with Gasteiger partial charge >= 0.3 is 0 Å². The van der Waals surface area contributed by atoms with Gasteiger partial charge in [0.1, 0.15) is 11.2 Å². The van der Waals surface area contributed by atoms with Crippen LogP contribution in [-0.4, -0.2) is 14.5 Å². The van der Waals surface area contributed by atoms with E-state index >= 15 is 0 Å². The Bertz CT molecular complexity index is 2400. The number of hydrogen-bond donors (Lipinski definition) is 0. The first kappa shape index (κ1) is 23.0. The van der Waals surface area contributed by atoms with Gasteiger partial charge < -0.3 is 4.42 Å². The van der Waals surface area contributed by atoms with E-state index in [9.17, 15) is 0 Å². The van der Waals surface area contributed by atoms with E-state index in [2.05, 4.69) is 95.6 Å². The van der Waals surface area contributed by atoms with Crippen LogP contribution in [0.4, 0.5) is 0 Å². The van der Waals surface area contributed by atoms with Crippen molar-refractivity contribution in [2.24, 2.45) is 0 Å². The number of para-hydroxylation sites is 2. The summed E-state index contributed by atoms with van der Waals surface area (Å²) in [6, 6.07) is 48.4. The van der Waals surface area contributed by atoms with Gasteiger partial charge in [0.15, 0.2) is 0 Å². The molecule has 6 aromatic carbocycles. The zero-order valence-electron chi connectivity index (χ0n) is 22.5. The smallest absolute Gasteiger partial charge is 0.235 e. The molecule has 0 atom stereocenters. The van der Waals surface area contributed by atoms with Gasteiger partial charge in [-0.3, -0.25) is 4.57 Å². The number of furan rings is 1. The molecule has 3 aromatic heterocycles. The van der Waals surface area contributed by atoms with Gasteiger partial charge in [0.25, 0.3) is 0 Å². The Morgan fingerprint density at radius 1 is 0.429 bits per heavy atom. The summed E-state index contributed by atoms with van der Waals surface area (Å²) in [5, 5.41) is 6.85. The molecule has 0 saturated carbocycles. The standard InChI is InChI=1S/C38H23N3O/c1-3-11-24(12-4-1)32-23-33(25-13-5-2-6-14-25)40-38(39-32)41-34-17-9-7-15-28(34)30-19-27-22-37-31(20-26(27)21-35(30)41)29-16-8-10-18-36(29)42-37/h1-23H. The summed E-state index contributed by atoms with van der Waals surface area (Å²) in [5.74, 6) is 0.649. The number of fused-ring (bicyclic) bond motifs is 7. The predicted octanol–water partition coefficient (Wildman–Crippen LogP) is 9.96. The lowest BCUT2D eigenvalue weighted by molar-refractivity contribution is 0.669. The lowest BCUT2D eigenvalue weighted by Gasteiger charge is -2.12. The third kappa shape index (κ3) is 3.49. The minimum absolute atomic E-state index is 0.649. The average molecular weight is 538 g/mol. The second kappa shape index (κ2) is 8.88. The molecule has 0 aliphatic heterocycles. The van der Waals surface area contributed by atoms with Gasteiger partial charge in [-0.2, -0.15) is 0 Å². The van der Waals surface area contributed by atoms with Crippen LogP contribution in [0.2, 0.25) is 0 Å². The summed E-state index contributed by atoms with van der Waals surface area (Å²) in [7, 11) is 0. The maximum atomic E-state index is 6.22. The van der Waals surface area contributed by atoms with E-state index in [1.54, 1.807) is 0 Å². The summed E-state index contributed by atoms with van der Waals surface area (Å²) in [6.07, 6.45) is 0. The molecular weight excluding hydrogens is 514 g/mol. The van der Waals surface area contributed by atoms with Crippen molar-refractivity contribution in [3.63, 3.8) is 0 Å². The molecule has 9 rings (SSSR count). The van der Waals surface area contributed by atoms with Gasteiger partial charge in [0.2, 0.25) is 5.95 Å². The first-order valence-corrected chi connectivity index (χ1v) is 14.1. The fourth-order valence-corrected chi connectivity index (χ4v) is 6.20. The van der Waals surface area contributed by atoms with Crippen molar-refractivity contribution in [3.8, 4) is 28.5 Å². The summed E-state index contributed by atoms with van der Waals surface area (Å²) >= 11 is 0. The molecule has 0 aliphatic carbocycles. The van der Waals surface area contributed by atoms with Crippen LogP contribution in [0, 0.1) is 0 Å². The topological polar surface area (TPSA) is 43.9 Å². The molecule has 0 radical (unpaired) electrons. The fourth-order valence-electron chi connectivity index (χ4n) is 6.20. The SMILES string of the molecule is c1ccc(-c2cc(-c3ccccc3)nc(-n3c4ccccc4c4cc5cc6oc7ccccc7c6cc5cc43)n2)cc1. The van der Waals surface area contributed by atoms with Gasteiger partial charge in [0, 0.05) is 32.7 Å². The molecule has 0 spiro atoms. The van der Waals surface area contributed by atoms with E-state index < -0.39 is 0 Å². The van der Waals surface area contributed by atoms with Gasteiger partial charge in [0.05, 0.1) is 22.4 Å². The Labute approximate surface area is 241 Å².